The maximum Gasteiger partial charge on any atom is 0.375 e. The zero-order valence-corrected chi connectivity index (χ0v) is 8.26. The van der Waals surface area contributed by atoms with Gasteiger partial charge in [0.15, 0.2) is 0 Å². The highest BCUT2D eigenvalue weighted by molar-refractivity contribution is 6.35. The summed E-state index contributed by atoms with van der Waals surface area (Å²) in [5, 5.41) is 0. The molecule has 0 N–H and O–H groups in total. The second kappa shape index (κ2) is 3.90. The van der Waals surface area contributed by atoms with Crippen LogP contribution in [0.4, 0.5) is 0 Å². The summed E-state index contributed by atoms with van der Waals surface area (Å²) in [6.07, 6.45) is 3.73. The van der Waals surface area contributed by atoms with Crippen LogP contribution in [0.2, 0.25) is 0 Å². The third-order valence-corrected chi connectivity index (χ3v) is 2.72. The second-order valence-electron chi connectivity index (χ2n) is 3.82. The number of carbonyl (C=O) groups is 2. The zero-order chi connectivity index (χ0) is 9.90. The summed E-state index contributed by atoms with van der Waals surface area (Å²) in [6, 6.07) is 0. The van der Waals surface area contributed by atoms with E-state index in [-0.39, 0.29) is 12.4 Å². The minimum absolute atomic E-state index is 0.278. The highest BCUT2D eigenvalue weighted by Crippen LogP contribution is 2.38. The van der Waals surface area contributed by atoms with E-state index in [1.165, 1.54) is 0 Å². The van der Waals surface area contributed by atoms with E-state index < -0.39 is 11.4 Å². The Kier molecular flexibility index (Phi) is 3.07. The topological polar surface area (TPSA) is 43.4 Å². The number of esters is 1. The minimum atomic E-state index is -0.660. The summed E-state index contributed by atoms with van der Waals surface area (Å²) >= 11 is 0. The summed E-state index contributed by atoms with van der Waals surface area (Å²) in [5.74, 6) is -1.00. The van der Waals surface area contributed by atoms with E-state index in [0.717, 1.165) is 25.7 Å². The van der Waals surface area contributed by atoms with Gasteiger partial charge in [0.25, 0.3) is 0 Å². The Hall–Kier alpha value is -0.860. The van der Waals surface area contributed by atoms with Crippen molar-refractivity contribution >= 4 is 11.8 Å². The molecule has 0 aromatic carbocycles. The average molecular weight is 184 g/mol. The second-order valence-corrected chi connectivity index (χ2v) is 3.82. The maximum atomic E-state index is 11.6. The van der Waals surface area contributed by atoms with Crippen molar-refractivity contribution in [3.8, 4) is 0 Å². The third-order valence-electron chi connectivity index (χ3n) is 2.72. The molecule has 1 saturated carbocycles. The largest absolute Gasteiger partial charge is 0.460 e. The molecule has 0 unspecified atom stereocenters. The van der Waals surface area contributed by atoms with Crippen LogP contribution in [-0.4, -0.2) is 18.4 Å². The molecule has 0 radical (unpaired) electrons. The summed E-state index contributed by atoms with van der Waals surface area (Å²) in [6.45, 7) is 3.85. The Balaban J connectivity index is 2.60. The van der Waals surface area contributed by atoms with E-state index in [0.29, 0.717) is 0 Å². The van der Waals surface area contributed by atoms with Gasteiger partial charge in [-0.15, -0.1) is 0 Å². The standard InChI is InChI=1S/C10H16O3/c1-3-13-9(12)8(11)10(2)6-4-5-7-10/h3-7H2,1-2H3. The predicted molar refractivity (Wildman–Crippen MR) is 48.2 cm³/mol. The molecule has 3 heteroatoms. The normalized spacial score (nSPS) is 19.8. The molecule has 0 aliphatic heterocycles. The average Bonchev–Trinajstić information content (AvgIpc) is 2.52. The number of rotatable bonds is 3. The fraction of sp³-hybridized carbons (Fsp3) is 0.800. The first kappa shape index (κ1) is 10.2. The molecule has 1 rings (SSSR count). The van der Waals surface area contributed by atoms with Crippen LogP contribution >= 0.6 is 0 Å². The van der Waals surface area contributed by atoms with Gasteiger partial charge < -0.3 is 4.74 Å². The van der Waals surface area contributed by atoms with Gasteiger partial charge in [0.2, 0.25) is 5.78 Å². The van der Waals surface area contributed by atoms with Crippen molar-refractivity contribution in [1.82, 2.24) is 0 Å². The van der Waals surface area contributed by atoms with Gasteiger partial charge in [-0.1, -0.05) is 19.8 Å². The molecule has 0 aromatic rings. The Morgan fingerprint density at radius 3 is 2.31 bits per heavy atom. The first-order valence-corrected chi connectivity index (χ1v) is 4.82. The number of ketones is 1. The molecule has 0 bridgehead atoms. The summed E-state index contributed by atoms with van der Waals surface area (Å²) in [7, 11) is 0. The highest BCUT2D eigenvalue weighted by Gasteiger charge is 2.40. The van der Waals surface area contributed by atoms with Crippen molar-refractivity contribution in [1.29, 1.82) is 0 Å². The van der Waals surface area contributed by atoms with Gasteiger partial charge in [0.1, 0.15) is 0 Å². The minimum Gasteiger partial charge on any atom is -0.460 e. The summed E-state index contributed by atoms with van der Waals surface area (Å²) < 4.78 is 4.69. The molecule has 0 atom stereocenters. The van der Waals surface area contributed by atoms with Crippen LogP contribution in [-0.2, 0) is 14.3 Å². The van der Waals surface area contributed by atoms with Crippen LogP contribution in [0.5, 0.6) is 0 Å². The fourth-order valence-electron chi connectivity index (χ4n) is 1.83. The summed E-state index contributed by atoms with van der Waals surface area (Å²) in [5.41, 5.74) is -0.438. The smallest absolute Gasteiger partial charge is 0.375 e. The molecule has 0 aromatic heterocycles. The number of ether oxygens (including phenoxy) is 1. The van der Waals surface area contributed by atoms with Gasteiger partial charge in [0.05, 0.1) is 6.61 Å². The Morgan fingerprint density at radius 2 is 1.85 bits per heavy atom. The lowest BCUT2D eigenvalue weighted by molar-refractivity contribution is -0.157. The lowest BCUT2D eigenvalue weighted by Crippen LogP contribution is -2.32. The van der Waals surface area contributed by atoms with E-state index in [9.17, 15) is 9.59 Å². The van der Waals surface area contributed by atoms with E-state index in [4.69, 9.17) is 4.74 Å². The Bertz CT molecular complexity index is 214. The molecule has 1 aliphatic carbocycles. The number of carbonyl (C=O) groups excluding carboxylic acids is 2. The maximum absolute atomic E-state index is 11.6. The molecule has 0 spiro atoms. The molecule has 3 nitrogen and oxygen atoms in total. The highest BCUT2D eigenvalue weighted by atomic mass is 16.5. The van der Waals surface area contributed by atoms with E-state index in [2.05, 4.69) is 0 Å². The van der Waals surface area contributed by atoms with Crippen LogP contribution in [0.1, 0.15) is 39.5 Å². The van der Waals surface area contributed by atoms with E-state index in [1.54, 1.807) is 6.92 Å². The SMILES string of the molecule is CCOC(=O)C(=O)C1(C)CCCC1. The first-order valence-electron chi connectivity index (χ1n) is 4.82. The quantitative estimate of drug-likeness (QED) is 0.495. The van der Waals surface area contributed by atoms with Gasteiger partial charge in [-0.2, -0.15) is 0 Å². The molecule has 13 heavy (non-hydrogen) atoms. The Labute approximate surface area is 78.5 Å². The molecular formula is C10H16O3. The molecule has 74 valence electrons. The van der Waals surface area contributed by atoms with Crippen molar-refractivity contribution in [2.45, 2.75) is 39.5 Å². The molecule has 1 fully saturated rings. The number of hydrogen-bond donors (Lipinski definition) is 0. The molecular weight excluding hydrogens is 168 g/mol. The fourth-order valence-corrected chi connectivity index (χ4v) is 1.83. The number of hydrogen-bond acceptors (Lipinski definition) is 3. The van der Waals surface area contributed by atoms with Gasteiger partial charge in [-0.05, 0) is 19.8 Å². The van der Waals surface area contributed by atoms with E-state index in [1.807, 2.05) is 6.92 Å². The molecule has 0 heterocycles. The van der Waals surface area contributed by atoms with Crippen molar-refractivity contribution < 1.29 is 14.3 Å². The molecule has 1 aliphatic rings. The van der Waals surface area contributed by atoms with Crippen molar-refractivity contribution in [3.63, 3.8) is 0 Å². The zero-order valence-electron chi connectivity index (χ0n) is 8.26. The van der Waals surface area contributed by atoms with Crippen molar-refractivity contribution in [3.05, 3.63) is 0 Å². The third kappa shape index (κ3) is 2.08. The predicted octanol–water partition coefficient (Wildman–Crippen LogP) is 1.70. The van der Waals surface area contributed by atoms with Gasteiger partial charge in [-0.25, -0.2) is 4.79 Å². The summed E-state index contributed by atoms with van der Waals surface area (Å²) in [4.78, 5) is 22.7. The first-order chi connectivity index (χ1) is 6.10. The molecule has 0 saturated heterocycles. The Morgan fingerprint density at radius 1 is 1.31 bits per heavy atom. The van der Waals surface area contributed by atoms with Crippen LogP contribution < -0.4 is 0 Å². The van der Waals surface area contributed by atoms with Crippen LogP contribution in [0.25, 0.3) is 0 Å². The van der Waals surface area contributed by atoms with Crippen molar-refractivity contribution in [2.75, 3.05) is 6.61 Å². The van der Waals surface area contributed by atoms with Crippen LogP contribution in [0, 0.1) is 5.41 Å². The number of Topliss-reactive ketones (excluding diaryl/α,β-unsaturated/α-hetero) is 1. The van der Waals surface area contributed by atoms with Gasteiger partial charge in [0, 0.05) is 5.41 Å². The van der Waals surface area contributed by atoms with Gasteiger partial charge >= 0.3 is 5.97 Å². The van der Waals surface area contributed by atoms with Crippen LogP contribution in [0.3, 0.4) is 0 Å². The lowest BCUT2D eigenvalue weighted by Gasteiger charge is -2.19. The van der Waals surface area contributed by atoms with Crippen molar-refractivity contribution in [2.24, 2.45) is 5.41 Å². The monoisotopic (exact) mass is 184 g/mol. The van der Waals surface area contributed by atoms with Crippen LogP contribution in [0.15, 0.2) is 0 Å². The molecule has 0 amide bonds. The van der Waals surface area contributed by atoms with Gasteiger partial charge in [-0.3, -0.25) is 4.79 Å². The van der Waals surface area contributed by atoms with E-state index >= 15 is 0 Å². The lowest BCUT2D eigenvalue weighted by atomic mass is 9.84.